The summed E-state index contributed by atoms with van der Waals surface area (Å²) in [6.45, 7) is 0.0746. The smallest absolute Gasteiger partial charge is 0.328 e. The molecular formula is C17H11ClF2N2O2. The molecule has 3 aromatic rings. The quantitative estimate of drug-likeness (QED) is 0.722. The number of aromatic nitrogens is 2. The maximum absolute atomic E-state index is 13.9. The Morgan fingerprint density at radius 2 is 2.04 bits per heavy atom. The molecule has 0 unspecified atom stereocenters. The maximum Gasteiger partial charge on any atom is 0.328 e. The minimum atomic E-state index is -1.11. The number of hydrogen-bond acceptors (Lipinski definition) is 2. The molecule has 0 saturated carbocycles. The summed E-state index contributed by atoms with van der Waals surface area (Å²) in [6.07, 6.45) is 2.31. The van der Waals surface area contributed by atoms with Crippen LogP contribution in [0.5, 0.6) is 0 Å². The van der Waals surface area contributed by atoms with E-state index < -0.39 is 17.6 Å². The van der Waals surface area contributed by atoms with Crippen LogP contribution in [-0.4, -0.2) is 20.9 Å². The number of nitrogens with zero attached hydrogens (tertiary/aromatic N) is 2. The molecule has 2 aromatic carbocycles. The third-order valence-corrected chi connectivity index (χ3v) is 3.70. The summed E-state index contributed by atoms with van der Waals surface area (Å²) in [5.74, 6) is -2.43. The van der Waals surface area contributed by atoms with Crippen molar-refractivity contribution in [3.63, 3.8) is 0 Å². The van der Waals surface area contributed by atoms with Gasteiger partial charge in [-0.2, -0.15) is 5.10 Å². The van der Waals surface area contributed by atoms with Gasteiger partial charge in [0, 0.05) is 28.1 Å². The lowest BCUT2D eigenvalue weighted by Crippen LogP contribution is -2.04. The molecule has 3 rings (SSSR count). The average molecular weight is 349 g/mol. The van der Waals surface area contributed by atoms with Crippen LogP contribution in [0.25, 0.3) is 17.0 Å². The standard InChI is InChI=1S/C17H11ClF2N2O2/c18-11-2-5-16-13(7-11)15(4-6-17(23)24)21-22(16)9-10-1-3-12(19)8-14(10)20/h1-8H,9H2,(H,23,24)/b6-4+. The second-order valence-electron chi connectivity index (χ2n) is 5.11. The van der Waals surface area contributed by atoms with Gasteiger partial charge >= 0.3 is 5.97 Å². The Morgan fingerprint density at radius 1 is 1.25 bits per heavy atom. The van der Waals surface area contributed by atoms with Crippen LogP contribution in [0.3, 0.4) is 0 Å². The predicted octanol–water partition coefficient (Wildman–Crippen LogP) is 4.11. The van der Waals surface area contributed by atoms with Crippen LogP contribution >= 0.6 is 11.6 Å². The Hall–Kier alpha value is -2.73. The summed E-state index contributed by atoms with van der Waals surface area (Å²) >= 11 is 5.99. The van der Waals surface area contributed by atoms with E-state index >= 15 is 0 Å². The Balaban J connectivity index is 2.09. The van der Waals surface area contributed by atoms with E-state index in [0.717, 1.165) is 12.1 Å². The Kier molecular flexibility index (Phi) is 4.31. The lowest BCUT2D eigenvalue weighted by Gasteiger charge is -2.05. The van der Waals surface area contributed by atoms with E-state index in [1.165, 1.54) is 22.9 Å². The van der Waals surface area contributed by atoms with Crippen LogP contribution in [0.2, 0.25) is 5.02 Å². The molecule has 0 bridgehead atoms. The summed E-state index contributed by atoms with van der Waals surface area (Å²) in [5, 5.41) is 14.2. The van der Waals surface area contributed by atoms with E-state index in [1.54, 1.807) is 18.2 Å². The third kappa shape index (κ3) is 3.28. The molecule has 0 aliphatic carbocycles. The Morgan fingerprint density at radius 3 is 2.75 bits per heavy atom. The number of halogens is 3. The molecule has 0 fully saturated rings. The number of carbonyl (C=O) groups is 1. The van der Waals surface area contributed by atoms with Crippen molar-refractivity contribution in [1.29, 1.82) is 0 Å². The molecule has 0 spiro atoms. The first-order valence-corrected chi connectivity index (χ1v) is 7.33. The second-order valence-corrected chi connectivity index (χ2v) is 5.55. The van der Waals surface area contributed by atoms with Gasteiger partial charge in [-0.1, -0.05) is 17.7 Å². The fraction of sp³-hybridized carbons (Fsp3) is 0.0588. The highest BCUT2D eigenvalue weighted by Gasteiger charge is 2.12. The monoisotopic (exact) mass is 348 g/mol. The predicted molar refractivity (Wildman–Crippen MR) is 86.9 cm³/mol. The zero-order valence-electron chi connectivity index (χ0n) is 12.2. The van der Waals surface area contributed by atoms with Gasteiger partial charge < -0.3 is 5.11 Å². The van der Waals surface area contributed by atoms with E-state index in [4.69, 9.17) is 16.7 Å². The first kappa shape index (κ1) is 16.1. The Labute approximate surface area is 140 Å². The lowest BCUT2D eigenvalue weighted by atomic mass is 10.2. The summed E-state index contributed by atoms with van der Waals surface area (Å²) in [4.78, 5) is 10.7. The first-order valence-electron chi connectivity index (χ1n) is 6.95. The van der Waals surface area contributed by atoms with Crippen molar-refractivity contribution in [2.75, 3.05) is 0 Å². The van der Waals surface area contributed by atoms with Crippen molar-refractivity contribution in [1.82, 2.24) is 9.78 Å². The molecule has 0 saturated heterocycles. The maximum atomic E-state index is 13.9. The van der Waals surface area contributed by atoms with Crippen molar-refractivity contribution in [2.45, 2.75) is 6.54 Å². The molecule has 1 aromatic heterocycles. The van der Waals surface area contributed by atoms with Crippen molar-refractivity contribution < 1.29 is 18.7 Å². The summed E-state index contributed by atoms with van der Waals surface area (Å²) < 4.78 is 28.4. The number of aliphatic carboxylic acids is 1. The van der Waals surface area contributed by atoms with Gasteiger partial charge in [0.15, 0.2) is 0 Å². The molecule has 0 atom stereocenters. The van der Waals surface area contributed by atoms with Gasteiger partial charge in [-0.05, 0) is 30.3 Å². The summed E-state index contributed by atoms with van der Waals surface area (Å²) in [7, 11) is 0. The van der Waals surface area contributed by atoms with Crippen molar-refractivity contribution >= 4 is 34.5 Å². The van der Waals surface area contributed by atoms with Gasteiger partial charge in [-0.25, -0.2) is 13.6 Å². The highest BCUT2D eigenvalue weighted by atomic mass is 35.5. The molecule has 4 nitrogen and oxygen atoms in total. The van der Waals surface area contributed by atoms with Gasteiger partial charge in [0.2, 0.25) is 0 Å². The first-order chi connectivity index (χ1) is 11.4. The topological polar surface area (TPSA) is 55.1 Å². The number of carboxylic acids is 1. The fourth-order valence-corrected chi connectivity index (χ4v) is 2.55. The number of benzene rings is 2. The highest BCUT2D eigenvalue weighted by Crippen LogP contribution is 2.25. The van der Waals surface area contributed by atoms with Gasteiger partial charge in [-0.15, -0.1) is 0 Å². The molecule has 1 N–H and O–H groups in total. The average Bonchev–Trinajstić information content (AvgIpc) is 2.85. The largest absolute Gasteiger partial charge is 0.478 e. The zero-order chi connectivity index (χ0) is 17.3. The number of hydrogen-bond donors (Lipinski definition) is 1. The minimum absolute atomic E-state index is 0.0746. The normalized spacial score (nSPS) is 11.5. The molecule has 0 radical (unpaired) electrons. The van der Waals surface area contributed by atoms with E-state index in [2.05, 4.69) is 5.10 Å². The van der Waals surface area contributed by atoms with Gasteiger partial charge in [0.1, 0.15) is 11.6 Å². The fourth-order valence-electron chi connectivity index (χ4n) is 2.38. The third-order valence-electron chi connectivity index (χ3n) is 3.46. The summed E-state index contributed by atoms with van der Waals surface area (Å²) in [5.41, 5.74) is 1.33. The van der Waals surface area contributed by atoms with E-state index in [1.807, 2.05) is 0 Å². The lowest BCUT2D eigenvalue weighted by molar-refractivity contribution is -0.131. The minimum Gasteiger partial charge on any atom is -0.478 e. The number of carboxylic acid groups (broad SMARTS) is 1. The highest BCUT2D eigenvalue weighted by molar-refractivity contribution is 6.31. The van der Waals surface area contributed by atoms with E-state index in [-0.39, 0.29) is 12.1 Å². The number of fused-ring (bicyclic) bond motifs is 1. The van der Waals surface area contributed by atoms with Crippen LogP contribution in [0.1, 0.15) is 11.3 Å². The summed E-state index contributed by atoms with van der Waals surface area (Å²) in [6, 6.07) is 8.36. The molecule has 0 amide bonds. The molecular weight excluding hydrogens is 338 g/mol. The SMILES string of the molecule is O=C(O)/C=C/c1nn(Cc2ccc(F)cc2F)c2ccc(Cl)cc12. The van der Waals surface area contributed by atoms with Crippen LogP contribution < -0.4 is 0 Å². The van der Waals surface area contributed by atoms with Crippen LogP contribution in [-0.2, 0) is 11.3 Å². The molecule has 24 heavy (non-hydrogen) atoms. The zero-order valence-corrected chi connectivity index (χ0v) is 13.0. The molecule has 122 valence electrons. The van der Waals surface area contributed by atoms with Crippen molar-refractivity contribution in [2.24, 2.45) is 0 Å². The van der Waals surface area contributed by atoms with Gasteiger partial charge in [0.25, 0.3) is 0 Å². The molecule has 7 heteroatoms. The van der Waals surface area contributed by atoms with E-state index in [9.17, 15) is 13.6 Å². The van der Waals surface area contributed by atoms with Gasteiger partial charge in [0.05, 0.1) is 17.8 Å². The molecule has 0 aliphatic rings. The van der Waals surface area contributed by atoms with Crippen LogP contribution in [0.15, 0.2) is 42.5 Å². The Bertz CT molecular complexity index is 967. The number of rotatable bonds is 4. The van der Waals surface area contributed by atoms with E-state index in [0.29, 0.717) is 21.6 Å². The molecule has 0 aliphatic heterocycles. The van der Waals surface area contributed by atoms with Crippen LogP contribution in [0, 0.1) is 11.6 Å². The van der Waals surface area contributed by atoms with Crippen LogP contribution in [0.4, 0.5) is 8.78 Å². The molecule has 1 heterocycles. The van der Waals surface area contributed by atoms with Crippen molar-refractivity contribution in [3.8, 4) is 0 Å². The van der Waals surface area contributed by atoms with Gasteiger partial charge in [-0.3, -0.25) is 4.68 Å². The second kappa shape index (κ2) is 6.41. The van der Waals surface area contributed by atoms with Crippen molar-refractivity contribution in [3.05, 3.63) is 70.4 Å².